The van der Waals surface area contributed by atoms with Gasteiger partial charge in [0.1, 0.15) is 0 Å². The Morgan fingerprint density at radius 2 is 2.27 bits per heavy atom. The zero-order valence-corrected chi connectivity index (χ0v) is 6.38. The summed E-state index contributed by atoms with van der Waals surface area (Å²) >= 11 is 0. The van der Waals surface area contributed by atoms with Gasteiger partial charge in [-0.1, -0.05) is 0 Å². The molecule has 0 atom stereocenters. The van der Waals surface area contributed by atoms with Crippen LogP contribution in [0.15, 0.2) is 6.20 Å². The first-order valence-electron chi connectivity index (χ1n) is 3.87. The van der Waals surface area contributed by atoms with Crippen LogP contribution in [0.25, 0.3) is 0 Å². The van der Waals surface area contributed by atoms with Gasteiger partial charge in [-0.25, -0.2) is 5.01 Å². The Bertz CT molecular complexity index is 220. The van der Waals surface area contributed by atoms with Crippen molar-refractivity contribution >= 4 is 0 Å². The smallest absolute Gasteiger partial charge is 0.0522 e. The summed E-state index contributed by atoms with van der Waals surface area (Å²) in [4.78, 5) is 0. The van der Waals surface area contributed by atoms with Crippen molar-refractivity contribution in [1.29, 1.82) is 0 Å². The van der Waals surface area contributed by atoms with E-state index in [0.717, 1.165) is 25.9 Å². The van der Waals surface area contributed by atoms with Crippen LogP contribution in [0.3, 0.4) is 0 Å². The summed E-state index contributed by atoms with van der Waals surface area (Å²) in [6, 6.07) is 0. The van der Waals surface area contributed by atoms with Crippen molar-refractivity contribution in [2.24, 2.45) is 5.84 Å². The number of hydrogen-bond acceptors (Lipinski definition) is 3. The molecule has 2 rings (SSSR count). The van der Waals surface area contributed by atoms with E-state index in [2.05, 4.69) is 10.2 Å². The summed E-state index contributed by atoms with van der Waals surface area (Å²) in [5.74, 6) is 5.67. The van der Waals surface area contributed by atoms with Crippen LogP contribution in [0.1, 0.15) is 11.3 Å². The molecule has 4 heteroatoms. The predicted octanol–water partition coefficient (Wildman–Crippen LogP) is -0.316. The first kappa shape index (κ1) is 6.82. The number of nitrogens with one attached hydrogen (secondary N) is 1. The molecule has 1 aliphatic heterocycles. The molecule has 2 heterocycles. The minimum absolute atomic E-state index is 0.926. The summed E-state index contributed by atoms with van der Waals surface area (Å²) in [7, 11) is 0. The van der Waals surface area contributed by atoms with Gasteiger partial charge in [0.05, 0.1) is 6.20 Å². The molecule has 1 aromatic heterocycles. The molecule has 60 valence electrons. The molecule has 0 bridgehead atoms. The fourth-order valence-corrected chi connectivity index (χ4v) is 1.40. The highest BCUT2D eigenvalue weighted by molar-refractivity contribution is 5.18. The molecule has 0 spiro atoms. The number of nitrogens with two attached hydrogens (primary N) is 1. The van der Waals surface area contributed by atoms with Crippen LogP contribution >= 0.6 is 0 Å². The van der Waals surface area contributed by atoms with Gasteiger partial charge < -0.3 is 0 Å². The lowest BCUT2D eigenvalue weighted by Crippen LogP contribution is -2.33. The third-order valence-electron chi connectivity index (χ3n) is 2.12. The minimum atomic E-state index is 0.926. The number of nitrogens with zero attached hydrogens (tertiary/aromatic N) is 2. The minimum Gasteiger partial charge on any atom is -0.282 e. The highest BCUT2D eigenvalue weighted by Crippen LogP contribution is 2.10. The topological polar surface area (TPSA) is 57.9 Å². The molecule has 0 radical (unpaired) electrons. The molecular formula is C7H12N4. The van der Waals surface area contributed by atoms with E-state index >= 15 is 0 Å². The van der Waals surface area contributed by atoms with Crippen LogP contribution in [0.5, 0.6) is 0 Å². The Morgan fingerprint density at radius 1 is 1.45 bits per heavy atom. The third kappa shape index (κ3) is 1.27. The van der Waals surface area contributed by atoms with Gasteiger partial charge in [0.15, 0.2) is 0 Å². The Morgan fingerprint density at radius 3 is 3.18 bits per heavy atom. The van der Waals surface area contributed by atoms with Crippen LogP contribution in [0, 0.1) is 0 Å². The number of fused-ring (bicyclic) bond motifs is 1. The van der Waals surface area contributed by atoms with E-state index in [-0.39, 0.29) is 0 Å². The summed E-state index contributed by atoms with van der Waals surface area (Å²) in [6.07, 6.45) is 3.91. The van der Waals surface area contributed by atoms with Crippen molar-refractivity contribution in [2.75, 3.05) is 13.1 Å². The van der Waals surface area contributed by atoms with Gasteiger partial charge in [-0.05, 0) is 12.0 Å². The van der Waals surface area contributed by atoms with Crippen molar-refractivity contribution in [1.82, 2.24) is 15.2 Å². The van der Waals surface area contributed by atoms with Crippen LogP contribution in [-0.4, -0.2) is 28.3 Å². The highest BCUT2D eigenvalue weighted by atomic mass is 15.4. The summed E-state index contributed by atoms with van der Waals surface area (Å²) < 4.78 is 0. The largest absolute Gasteiger partial charge is 0.282 e. The fraction of sp³-hybridized carbons (Fsp3) is 0.571. The van der Waals surface area contributed by atoms with Crippen molar-refractivity contribution in [2.45, 2.75) is 12.8 Å². The summed E-state index contributed by atoms with van der Waals surface area (Å²) in [5, 5.41) is 8.83. The molecule has 0 amide bonds. The molecule has 0 aliphatic carbocycles. The number of hydrogen-bond donors (Lipinski definition) is 2. The normalized spacial score (nSPS) is 19.4. The van der Waals surface area contributed by atoms with Gasteiger partial charge in [0, 0.05) is 25.2 Å². The van der Waals surface area contributed by atoms with Gasteiger partial charge in [-0.15, -0.1) is 0 Å². The van der Waals surface area contributed by atoms with Gasteiger partial charge in [-0.3, -0.25) is 10.9 Å². The predicted molar refractivity (Wildman–Crippen MR) is 41.8 cm³/mol. The van der Waals surface area contributed by atoms with E-state index in [1.165, 1.54) is 11.3 Å². The zero-order chi connectivity index (χ0) is 7.68. The monoisotopic (exact) mass is 152 g/mol. The van der Waals surface area contributed by atoms with E-state index in [0.29, 0.717) is 0 Å². The average molecular weight is 152 g/mol. The van der Waals surface area contributed by atoms with Crippen LogP contribution < -0.4 is 5.84 Å². The lowest BCUT2D eigenvalue weighted by molar-refractivity contribution is 0.297. The SMILES string of the molecule is NN1CCc2cn[nH]c2CC1. The molecule has 1 aromatic rings. The Kier molecular flexibility index (Phi) is 1.63. The highest BCUT2D eigenvalue weighted by Gasteiger charge is 2.11. The number of aromatic nitrogens is 2. The number of H-pyrrole nitrogens is 1. The number of hydrazine groups is 1. The molecular weight excluding hydrogens is 140 g/mol. The molecule has 4 nitrogen and oxygen atoms in total. The second-order valence-electron chi connectivity index (χ2n) is 2.91. The van der Waals surface area contributed by atoms with E-state index in [4.69, 9.17) is 5.84 Å². The van der Waals surface area contributed by atoms with Crippen molar-refractivity contribution in [3.05, 3.63) is 17.5 Å². The summed E-state index contributed by atoms with van der Waals surface area (Å²) in [6.45, 7) is 1.86. The van der Waals surface area contributed by atoms with Crippen molar-refractivity contribution in [3.8, 4) is 0 Å². The Labute approximate surface area is 65.4 Å². The van der Waals surface area contributed by atoms with Crippen molar-refractivity contribution in [3.63, 3.8) is 0 Å². The number of aromatic amines is 1. The molecule has 3 N–H and O–H groups in total. The van der Waals surface area contributed by atoms with E-state index < -0.39 is 0 Å². The second kappa shape index (κ2) is 2.64. The molecule has 1 aliphatic rings. The first-order valence-corrected chi connectivity index (χ1v) is 3.87. The molecule has 0 fully saturated rings. The molecule has 0 saturated heterocycles. The van der Waals surface area contributed by atoms with Gasteiger partial charge >= 0.3 is 0 Å². The molecule has 0 aromatic carbocycles. The standard InChI is InChI=1S/C7H12N4/c8-11-3-1-6-5-9-10-7(6)2-4-11/h5H,1-4,8H2,(H,9,10). The van der Waals surface area contributed by atoms with Gasteiger partial charge in [0.2, 0.25) is 0 Å². The Hall–Kier alpha value is -0.870. The van der Waals surface area contributed by atoms with Gasteiger partial charge in [0.25, 0.3) is 0 Å². The second-order valence-corrected chi connectivity index (χ2v) is 2.91. The van der Waals surface area contributed by atoms with E-state index in [9.17, 15) is 0 Å². The van der Waals surface area contributed by atoms with Crippen LogP contribution in [0.2, 0.25) is 0 Å². The average Bonchev–Trinajstić information content (AvgIpc) is 2.38. The van der Waals surface area contributed by atoms with E-state index in [1.807, 2.05) is 11.2 Å². The third-order valence-corrected chi connectivity index (χ3v) is 2.12. The Balaban J connectivity index is 2.20. The van der Waals surface area contributed by atoms with Crippen molar-refractivity contribution < 1.29 is 0 Å². The molecule has 0 saturated carbocycles. The molecule has 0 unspecified atom stereocenters. The van der Waals surface area contributed by atoms with Crippen LogP contribution in [0.4, 0.5) is 0 Å². The molecule has 11 heavy (non-hydrogen) atoms. The maximum atomic E-state index is 5.67. The lowest BCUT2D eigenvalue weighted by atomic mass is 10.2. The summed E-state index contributed by atoms with van der Waals surface area (Å²) in [5.41, 5.74) is 2.57. The first-order chi connectivity index (χ1) is 5.36. The van der Waals surface area contributed by atoms with Crippen LogP contribution in [-0.2, 0) is 12.8 Å². The lowest BCUT2D eigenvalue weighted by Gasteiger charge is -2.10. The number of rotatable bonds is 0. The van der Waals surface area contributed by atoms with E-state index in [1.54, 1.807) is 0 Å². The zero-order valence-electron chi connectivity index (χ0n) is 6.38. The maximum absolute atomic E-state index is 5.67. The van der Waals surface area contributed by atoms with Gasteiger partial charge in [-0.2, -0.15) is 5.10 Å². The fourth-order valence-electron chi connectivity index (χ4n) is 1.40. The maximum Gasteiger partial charge on any atom is 0.0522 e. The quantitative estimate of drug-likeness (QED) is 0.501.